The van der Waals surface area contributed by atoms with E-state index in [1.165, 1.54) is 6.07 Å². The molecule has 0 aliphatic heterocycles. The van der Waals surface area contributed by atoms with Crippen molar-refractivity contribution in [1.29, 1.82) is 5.26 Å². The van der Waals surface area contributed by atoms with Crippen LogP contribution < -0.4 is 0 Å². The minimum Gasteiger partial charge on any atom is -0.206 e. The summed E-state index contributed by atoms with van der Waals surface area (Å²) >= 11 is 11.7. The van der Waals surface area contributed by atoms with Gasteiger partial charge in [-0.05, 0) is 29.8 Å². The van der Waals surface area contributed by atoms with E-state index in [1.807, 2.05) is 6.07 Å². The molecular weight excluding hydrogens is 284 g/mol. The minimum absolute atomic E-state index is 0.233. The second kappa shape index (κ2) is 5.88. The lowest BCUT2D eigenvalue weighted by Gasteiger charge is -2.02. The van der Waals surface area contributed by atoms with Crippen molar-refractivity contribution < 1.29 is 4.39 Å². The molecule has 2 aromatic rings. The first kappa shape index (κ1) is 13.6. The number of halogens is 3. The zero-order valence-electron chi connectivity index (χ0n) is 9.70. The van der Waals surface area contributed by atoms with Gasteiger partial charge < -0.3 is 0 Å². The molecule has 0 fully saturated rings. The van der Waals surface area contributed by atoms with Gasteiger partial charge >= 0.3 is 0 Å². The van der Waals surface area contributed by atoms with E-state index < -0.39 is 5.82 Å². The molecule has 0 aliphatic carbocycles. The van der Waals surface area contributed by atoms with Gasteiger partial charge in [0.2, 0.25) is 0 Å². The van der Waals surface area contributed by atoms with Crippen LogP contribution in [0.2, 0.25) is 10.0 Å². The predicted octanol–water partition coefficient (Wildman–Crippen LogP) is 5.20. The molecule has 0 bridgehead atoms. The van der Waals surface area contributed by atoms with E-state index >= 15 is 0 Å². The van der Waals surface area contributed by atoms with Gasteiger partial charge in [0.1, 0.15) is 5.82 Å². The lowest BCUT2D eigenvalue weighted by Crippen LogP contribution is -1.87. The summed E-state index contributed by atoms with van der Waals surface area (Å²) in [6.07, 6.45) is 1.57. The summed E-state index contributed by atoms with van der Waals surface area (Å²) < 4.78 is 13.6. The minimum atomic E-state index is -0.435. The smallest absolute Gasteiger partial charge is 0.131 e. The average molecular weight is 292 g/mol. The van der Waals surface area contributed by atoms with Crippen LogP contribution in [0.1, 0.15) is 11.1 Å². The van der Waals surface area contributed by atoms with Crippen molar-refractivity contribution in [2.75, 3.05) is 0 Å². The Hall–Kier alpha value is -1.82. The second-order valence-corrected chi connectivity index (χ2v) is 4.64. The monoisotopic (exact) mass is 291 g/mol. The average Bonchev–Trinajstić information content (AvgIpc) is 2.41. The van der Waals surface area contributed by atoms with Gasteiger partial charge in [0.05, 0.1) is 21.7 Å². The highest BCUT2D eigenvalue weighted by Gasteiger charge is 2.07. The number of benzene rings is 2. The fraction of sp³-hybridized carbons (Fsp3) is 0. The molecule has 0 aromatic heterocycles. The van der Waals surface area contributed by atoms with Gasteiger partial charge in [-0.2, -0.15) is 5.26 Å². The van der Waals surface area contributed by atoms with E-state index in [-0.39, 0.29) is 11.1 Å². The molecule has 0 radical (unpaired) electrons. The fourth-order valence-corrected chi connectivity index (χ4v) is 1.93. The van der Waals surface area contributed by atoms with E-state index in [0.717, 1.165) is 0 Å². The molecular formula is C15H8Cl2FN. The number of nitrogens with zero attached hydrogens (tertiary/aromatic N) is 1. The van der Waals surface area contributed by atoms with E-state index in [9.17, 15) is 4.39 Å². The number of hydrogen-bond donors (Lipinski definition) is 0. The molecule has 0 saturated heterocycles. The molecule has 4 heteroatoms. The molecule has 0 atom stereocenters. The van der Waals surface area contributed by atoms with Crippen molar-refractivity contribution in [1.82, 2.24) is 0 Å². The van der Waals surface area contributed by atoms with Crippen molar-refractivity contribution in [3.63, 3.8) is 0 Å². The first-order valence-corrected chi connectivity index (χ1v) is 6.19. The maximum Gasteiger partial charge on any atom is 0.131 e. The lowest BCUT2D eigenvalue weighted by atomic mass is 10.0. The highest BCUT2D eigenvalue weighted by Crippen LogP contribution is 2.26. The van der Waals surface area contributed by atoms with Gasteiger partial charge in [-0.3, -0.25) is 0 Å². The van der Waals surface area contributed by atoms with Crippen LogP contribution in [0.4, 0.5) is 4.39 Å². The van der Waals surface area contributed by atoms with Crippen LogP contribution in [-0.4, -0.2) is 0 Å². The van der Waals surface area contributed by atoms with Gasteiger partial charge in [0.15, 0.2) is 0 Å². The molecule has 0 aliphatic rings. The molecule has 2 rings (SSSR count). The highest BCUT2D eigenvalue weighted by atomic mass is 35.5. The molecule has 0 amide bonds. The Balaban J connectivity index is 2.48. The summed E-state index contributed by atoms with van der Waals surface area (Å²) in [6.45, 7) is 0. The van der Waals surface area contributed by atoms with Crippen LogP contribution >= 0.6 is 23.2 Å². The van der Waals surface area contributed by atoms with Gasteiger partial charge in [0, 0.05) is 5.56 Å². The summed E-state index contributed by atoms with van der Waals surface area (Å²) in [5.41, 5.74) is 1.18. The van der Waals surface area contributed by atoms with Crippen molar-refractivity contribution in [2.45, 2.75) is 0 Å². The summed E-state index contributed by atoms with van der Waals surface area (Å²) in [5, 5.41) is 9.97. The van der Waals surface area contributed by atoms with Crippen molar-refractivity contribution >= 4 is 34.9 Å². The lowest BCUT2D eigenvalue weighted by molar-refractivity contribution is 0.624. The van der Waals surface area contributed by atoms with Gasteiger partial charge in [0.25, 0.3) is 0 Å². The third-order valence-corrected chi connectivity index (χ3v) is 3.28. The molecule has 2 aromatic carbocycles. The van der Waals surface area contributed by atoms with Crippen LogP contribution in [-0.2, 0) is 0 Å². The van der Waals surface area contributed by atoms with Crippen molar-refractivity contribution in [2.24, 2.45) is 0 Å². The maximum atomic E-state index is 13.6. The SMILES string of the molecule is N#C/C(=C/c1ccc(Cl)c(Cl)c1)c1ccccc1F. The normalized spacial score (nSPS) is 11.2. The molecule has 0 spiro atoms. The molecule has 94 valence electrons. The van der Waals surface area contributed by atoms with E-state index in [4.69, 9.17) is 28.5 Å². The molecule has 1 nitrogen and oxygen atoms in total. The van der Waals surface area contributed by atoms with E-state index in [0.29, 0.717) is 15.6 Å². The topological polar surface area (TPSA) is 23.8 Å². The highest BCUT2D eigenvalue weighted by molar-refractivity contribution is 6.42. The number of nitriles is 1. The summed E-state index contributed by atoms with van der Waals surface area (Å²) in [4.78, 5) is 0. The molecule has 19 heavy (non-hydrogen) atoms. The second-order valence-electron chi connectivity index (χ2n) is 3.82. The van der Waals surface area contributed by atoms with Gasteiger partial charge in [-0.15, -0.1) is 0 Å². The third kappa shape index (κ3) is 3.14. The Morgan fingerprint density at radius 2 is 1.84 bits per heavy atom. The Labute approximate surface area is 120 Å². The van der Waals surface area contributed by atoms with Gasteiger partial charge in [-0.1, -0.05) is 47.5 Å². The number of hydrogen-bond acceptors (Lipinski definition) is 1. The standard InChI is InChI=1S/C15H8Cl2FN/c16-13-6-5-10(8-14(13)17)7-11(9-19)12-3-1-2-4-15(12)18/h1-8H/b11-7-. The Morgan fingerprint density at radius 3 is 2.47 bits per heavy atom. The quantitative estimate of drug-likeness (QED) is 0.551. The van der Waals surface area contributed by atoms with E-state index in [1.54, 1.807) is 42.5 Å². The Kier molecular flexibility index (Phi) is 4.21. The van der Waals surface area contributed by atoms with Crippen LogP contribution in [0.25, 0.3) is 11.6 Å². The fourth-order valence-electron chi connectivity index (χ4n) is 1.62. The van der Waals surface area contributed by atoms with Crippen LogP contribution in [0.15, 0.2) is 42.5 Å². The maximum absolute atomic E-state index is 13.6. The largest absolute Gasteiger partial charge is 0.206 e. The Morgan fingerprint density at radius 1 is 1.11 bits per heavy atom. The molecule has 0 N–H and O–H groups in total. The Bertz CT molecular complexity index is 687. The van der Waals surface area contributed by atoms with E-state index in [2.05, 4.69) is 0 Å². The van der Waals surface area contributed by atoms with Crippen molar-refractivity contribution in [3.05, 3.63) is 69.5 Å². The van der Waals surface area contributed by atoms with Gasteiger partial charge in [-0.25, -0.2) is 4.39 Å². The summed E-state index contributed by atoms with van der Waals surface area (Å²) in [6, 6.07) is 13.1. The number of allylic oxidation sites excluding steroid dienone is 1. The summed E-state index contributed by atoms with van der Waals surface area (Å²) in [5.74, 6) is -0.435. The first-order valence-electron chi connectivity index (χ1n) is 5.43. The predicted molar refractivity (Wildman–Crippen MR) is 76.3 cm³/mol. The molecule has 0 heterocycles. The van der Waals surface area contributed by atoms with Crippen LogP contribution in [0, 0.1) is 17.1 Å². The van der Waals surface area contributed by atoms with Crippen LogP contribution in [0.3, 0.4) is 0 Å². The summed E-state index contributed by atoms with van der Waals surface area (Å²) in [7, 11) is 0. The third-order valence-electron chi connectivity index (χ3n) is 2.54. The first-order chi connectivity index (χ1) is 9.11. The molecule has 0 saturated carbocycles. The van der Waals surface area contributed by atoms with Crippen molar-refractivity contribution in [3.8, 4) is 6.07 Å². The zero-order valence-corrected chi connectivity index (χ0v) is 11.2. The van der Waals surface area contributed by atoms with Crippen LogP contribution in [0.5, 0.6) is 0 Å². The number of rotatable bonds is 2. The zero-order chi connectivity index (χ0) is 13.8. The molecule has 0 unspecified atom stereocenters.